The van der Waals surface area contributed by atoms with E-state index in [1.165, 1.54) is 0 Å². The third-order valence-corrected chi connectivity index (χ3v) is 3.73. The Kier molecular flexibility index (Phi) is 1.80. The summed E-state index contributed by atoms with van der Waals surface area (Å²) in [4.78, 5) is 0. The number of thioether (sulfide) groups is 1. The van der Waals surface area contributed by atoms with E-state index in [0.717, 1.165) is 0 Å². The van der Waals surface area contributed by atoms with Crippen LogP contribution in [0.5, 0.6) is 0 Å². The van der Waals surface area contributed by atoms with Crippen molar-refractivity contribution in [3.8, 4) is 0 Å². The van der Waals surface area contributed by atoms with Gasteiger partial charge in [-0.1, -0.05) is 0 Å². The van der Waals surface area contributed by atoms with Gasteiger partial charge in [-0.25, -0.2) is 0 Å². The topological polar surface area (TPSA) is 18.5 Å². The zero-order valence-corrected chi connectivity index (χ0v) is 8.08. The number of ether oxygens (including phenoxy) is 2. The van der Waals surface area contributed by atoms with Crippen molar-refractivity contribution in [2.45, 2.75) is 29.5 Å². The van der Waals surface area contributed by atoms with Gasteiger partial charge < -0.3 is 9.47 Å². The molecule has 2 nitrogen and oxygen atoms in total. The van der Waals surface area contributed by atoms with Crippen LogP contribution in [0.2, 0.25) is 0 Å². The molecule has 0 aromatic rings. The molecule has 0 spiro atoms. The smallest absolute Gasteiger partial charge is 0.353 e. The zero-order chi connectivity index (χ0) is 8.01. The minimum absolute atomic E-state index is 0.197. The van der Waals surface area contributed by atoms with Gasteiger partial charge in [0.15, 0.2) is 6.10 Å². The summed E-state index contributed by atoms with van der Waals surface area (Å²) in [5.41, 5.74) is 0. The fraction of sp³-hybridized carbons (Fsp3) is 0.833. The predicted molar refractivity (Wildman–Crippen MR) is 51.7 cm³/mol. The minimum Gasteiger partial charge on any atom is -0.449 e. The van der Waals surface area contributed by atoms with Gasteiger partial charge in [0.25, 0.3) is 0 Å². The van der Waals surface area contributed by atoms with Crippen molar-refractivity contribution < 1.29 is 9.47 Å². The second-order valence-corrected chi connectivity index (χ2v) is 5.05. The Bertz CT molecular complexity index is 181. The van der Waals surface area contributed by atoms with Crippen molar-refractivity contribution in [3.63, 3.8) is 0 Å². The lowest BCUT2D eigenvalue weighted by molar-refractivity contribution is 0.180. The van der Waals surface area contributed by atoms with Crippen molar-refractivity contribution in [1.29, 1.82) is 0 Å². The first-order chi connectivity index (χ1) is 5.18. The molecule has 0 saturated carbocycles. The largest absolute Gasteiger partial charge is 0.449 e. The van der Waals surface area contributed by atoms with E-state index in [1.54, 1.807) is 0 Å². The van der Waals surface area contributed by atoms with E-state index < -0.39 is 0 Å². The Labute approximate surface area is 76.4 Å². The van der Waals surface area contributed by atoms with Gasteiger partial charge in [0.2, 0.25) is 0 Å². The normalized spacial score (nSPS) is 48.3. The van der Waals surface area contributed by atoms with Gasteiger partial charge in [-0.05, 0) is 6.92 Å². The maximum absolute atomic E-state index is 5.36. The van der Waals surface area contributed by atoms with Crippen LogP contribution in [-0.2, 0) is 9.47 Å². The van der Waals surface area contributed by atoms with Crippen molar-refractivity contribution in [3.05, 3.63) is 0 Å². The molecule has 0 N–H and O–H groups in total. The summed E-state index contributed by atoms with van der Waals surface area (Å²) in [7, 11) is 2.16. The fourth-order valence-electron chi connectivity index (χ4n) is 1.60. The highest BCUT2D eigenvalue weighted by molar-refractivity contribution is 8.02. The molecular weight excluding hydrogens is 179 g/mol. The van der Waals surface area contributed by atoms with Crippen molar-refractivity contribution in [1.82, 2.24) is 0 Å². The number of rotatable bonds is 0. The number of hydrogen-bond donors (Lipinski definition) is 0. The van der Waals surface area contributed by atoms with E-state index in [1.807, 2.05) is 11.8 Å². The molecule has 0 aromatic carbocycles. The van der Waals surface area contributed by atoms with Crippen LogP contribution >= 0.6 is 24.0 Å². The van der Waals surface area contributed by atoms with E-state index in [9.17, 15) is 0 Å². The summed E-state index contributed by atoms with van der Waals surface area (Å²) in [5.74, 6) is 0. The molecule has 0 aromatic heterocycles. The SMILES string of the molecule is BC1SC(C)C2OC(=S)OC12. The molecule has 4 atom stereocenters. The first-order valence-corrected chi connectivity index (χ1v) is 5.06. The Balaban J connectivity index is 2.16. The van der Waals surface area contributed by atoms with E-state index in [0.29, 0.717) is 15.6 Å². The first kappa shape index (κ1) is 7.74. The Morgan fingerprint density at radius 1 is 1.45 bits per heavy atom. The maximum atomic E-state index is 5.36. The average molecular weight is 188 g/mol. The van der Waals surface area contributed by atoms with Gasteiger partial charge >= 0.3 is 5.24 Å². The van der Waals surface area contributed by atoms with Crippen molar-refractivity contribution >= 4 is 37.1 Å². The van der Waals surface area contributed by atoms with Crippen molar-refractivity contribution in [2.75, 3.05) is 0 Å². The standard InChI is InChI=1S/C6H9BO2S2/c1-2-3-4(5(7)11-2)9-6(10)8-3/h2-5H,7H2,1H3. The third-order valence-electron chi connectivity index (χ3n) is 2.14. The average Bonchev–Trinajstić information content (AvgIpc) is 2.38. The molecule has 2 saturated heterocycles. The predicted octanol–water partition coefficient (Wildman–Crippen LogP) is 0.150. The van der Waals surface area contributed by atoms with Crippen molar-refractivity contribution in [2.24, 2.45) is 0 Å². The molecule has 4 unspecified atom stereocenters. The van der Waals surface area contributed by atoms with Gasteiger partial charge in [0, 0.05) is 22.6 Å². The zero-order valence-electron chi connectivity index (χ0n) is 6.44. The van der Waals surface area contributed by atoms with Crippen LogP contribution in [0.15, 0.2) is 0 Å². The molecule has 2 aliphatic rings. The van der Waals surface area contributed by atoms with Gasteiger partial charge in [0.1, 0.15) is 14.0 Å². The molecule has 60 valence electrons. The molecule has 5 heteroatoms. The van der Waals surface area contributed by atoms with E-state index in [2.05, 4.69) is 14.8 Å². The third kappa shape index (κ3) is 1.14. The second kappa shape index (κ2) is 2.56. The van der Waals surface area contributed by atoms with Crippen LogP contribution in [0.4, 0.5) is 0 Å². The second-order valence-electron chi connectivity index (χ2n) is 2.96. The Morgan fingerprint density at radius 3 is 2.73 bits per heavy atom. The summed E-state index contributed by atoms with van der Waals surface area (Å²) < 4.78 is 10.7. The molecule has 2 fully saturated rings. The van der Waals surface area contributed by atoms with E-state index in [4.69, 9.17) is 21.7 Å². The van der Waals surface area contributed by atoms with Gasteiger partial charge in [-0.2, -0.15) is 11.8 Å². The lowest BCUT2D eigenvalue weighted by Crippen LogP contribution is -2.28. The highest BCUT2D eigenvalue weighted by Crippen LogP contribution is 2.39. The summed E-state index contributed by atoms with van der Waals surface area (Å²) in [6.45, 7) is 2.16. The Hall–Kier alpha value is 0.105. The van der Waals surface area contributed by atoms with Gasteiger partial charge in [-0.15, -0.1) is 0 Å². The fourth-order valence-corrected chi connectivity index (χ4v) is 3.23. The maximum Gasteiger partial charge on any atom is 0.353 e. The van der Waals surface area contributed by atoms with Crippen LogP contribution in [0.25, 0.3) is 0 Å². The van der Waals surface area contributed by atoms with Crippen LogP contribution in [0.1, 0.15) is 6.92 Å². The summed E-state index contributed by atoms with van der Waals surface area (Å²) >= 11 is 6.73. The van der Waals surface area contributed by atoms with Crippen LogP contribution in [0, 0.1) is 0 Å². The summed E-state index contributed by atoms with van der Waals surface area (Å²) in [5, 5.41) is 1.35. The highest BCUT2D eigenvalue weighted by atomic mass is 32.2. The number of hydrogen-bond acceptors (Lipinski definition) is 4. The number of fused-ring (bicyclic) bond motifs is 1. The molecule has 0 aliphatic carbocycles. The van der Waals surface area contributed by atoms with E-state index >= 15 is 0 Å². The van der Waals surface area contributed by atoms with Crippen LogP contribution in [-0.4, -0.2) is 35.7 Å². The van der Waals surface area contributed by atoms with Gasteiger partial charge in [0.05, 0.1) is 0 Å². The molecule has 0 amide bonds. The van der Waals surface area contributed by atoms with E-state index in [-0.39, 0.29) is 12.2 Å². The lowest BCUT2D eigenvalue weighted by atomic mass is 9.95. The van der Waals surface area contributed by atoms with Gasteiger partial charge in [-0.3, -0.25) is 0 Å². The molecule has 11 heavy (non-hydrogen) atoms. The Morgan fingerprint density at radius 2 is 2.09 bits per heavy atom. The summed E-state index contributed by atoms with van der Waals surface area (Å²) in [6.07, 6.45) is 0.394. The molecule has 2 heterocycles. The molecule has 2 rings (SSSR count). The molecule has 0 bridgehead atoms. The molecule has 2 aliphatic heterocycles. The number of thiocarbonyl (C=S) groups is 1. The first-order valence-electron chi connectivity index (χ1n) is 3.71. The highest BCUT2D eigenvalue weighted by Gasteiger charge is 2.48. The van der Waals surface area contributed by atoms with Crippen LogP contribution < -0.4 is 0 Å². The summed E-state index contributed by atoms with van der Waals surface area (Å²) in [6, 6.07) is 0. The molecule has 0 radical (unpaired) electrons. The quantitative estimate of drug-likeness (QED) is 0.397. The van der Waals surface area contributed by atoms with Crippen LogP contribution in [0.3, 0.4) is 0 Å². The monoisotopic (exact) mass is 188 g/mol. The minimum atomic E-state index is 0.197. The molecular formula is C6H9BO2S2. The lowest BCUT2D eigenvalue weighted by Gasteiger charge is -2.08.